The van der Waals surface area contributed by atoms with Crippen LogP contribution in [0.1, 0.15) is 5.56 Å². The van der Waals surface area contributed by atoms with Gasteiger partial charge in [0, 0.05) is 23.9 Å². The van der Waals surface area contributed by atoms with Crippen molar-refractivity contribution in [1.82, 2.24) is 5.32 Å². The molecule has 2 N–H and O–H groups in total. The summed E-state index contributed by atoms with van der Waals surface area (Å²) >= 11 is 5.02. The lowest BCUT2D eigenvalue weighted by atomic mass is 10.2. The smallest absolute Gasteiger partial charge is 0.269 e. The molecule has 0 aromatic heterocycles. The summed E-state index contributed by atoms with van der Waals surface area (Å²) in [6.07, 6.45) is 3.04. The van der Waals surface area contributed by atoms with Gasteiger partial charge in [-0.05, 0) is 36.0 Å². The standard InChI is InChI=1S/C16H13N3O3S/c20-15(11-6-12-4-2-1-3-5-12)18-16(23)17-13-7-9-14(10-8-13)19(21)22/h1-11H,(H2,17,18,20,23)/b11-6+. The Morgan fingerprint density at radius 3 is 2.35 bits per heavy atom. The number of anilines is 1. The molecular weight excluding hydrogens is 314 g/mol. The van der Waals surface area contributed by atoms with E-state index >= 15 is 0 Å². The van der Waals surface area contributed by atoms with Crippen molar-refractivity contribution in [2.24, 2.45) is 0 Å². The number of non-ortho nitro benzene ring substituents is 1. The second-order valence-electron chi connectivity index (χ2n) is 4.49. The Balaban J connectivity index is 1.87. The van der Waals surface area contributed by atoms with Gasteiger partial charge in [-0.1, -0.05) is 30.3 Å². The van der Waals surface area contributed by atoms with Gasteiger partial charge in [-0.3, -0.25) is 20.2 Å². The predicted octanol–water partition coefficient (Wildman–Crippen LogP) is 3.12. The number of amides is 1. The minimum atomic E-state index is -0.488. The van der Waals surface area contributed by atoms with Crippen LogP contribution >= 0.6 is 12.2 Å². The average Bonchev–Trinajstić information content (AvgIpc) is 2.54. The number of nitro benzene ring substituents is 1. The Bertz CT molecular complexity index is 743. The SMILES string of the molecule is O=C(/C=C/c1ccccc1)NC(=S)Nc1ccc([N+](=O)[O-])cc1. The average molecular weight is 327 g/mol. The number of thiocarbonyl (C=S) groups is 1. The number of nitrogens with one attached hydrogen (secondary N) is 2. The first-order chi connectivity index (χ1) is 11.0. The molecule has 0 fully saturated rings. The molecule has 7 heteroatoms. The molecule has 0 atom stereocenters. The summed E-state index contributed by atoms with van der Waals surface area (Å²) in [4.78, 5) is 21.8. The first-order valence-electron chi connectivity index (χ1n) is 6.64. The lowest BCUT2D eigenvalue weighted by molar-refractivity contribution is -0.384. The van der Waals surface area contributed by atoms with Gasteiger partial charge in [-0.15, -0.1) is 0 Å². The van der Waals surface area contributed by atoms with Crippen LogP contribution in [0.25, 0.3) is 6.08 Å². The number of rotatable bonds is 4. The molecule has 0 aliphatic heterocycles. The molecule has 0 spiro atoms. The molecule has 23 heavy (non-hydrogen) atoms. The Kier molecular flexibility index (Phi) is 5.54. The number of carbonyl (C=O) groups excluding carboxylic acids is 1. The fraction of sp³-hybridized carbons (Fsp3) is 0. The van der Waals surface area contributed by atoms with Crippen molar-refractivity contribution < 1.29 is 9.72 Å². The number of carbonyl (C=O) groups is 1. The number of nitro groups is 1. The van der Waals surface area contributed by atoms with Crippen LogP contribution in [0.3, 0.4) is 0 Å². The summed E-state index contributed by atoms with van der Waals surface area (Å²) in [6, 6.07) is 15.1. The Hall–Kier alpha value is -3.06. The van der Waals surface area contributed by atoms with E-state index in [1.165, 1.54) is 30.3 Å². The molecule has 0 unspecified atom stereocenters. The molecule has 6 nitrogen and oxygen atoms in total. The summed E-state index contributed by atoms with van der Waals surface area (Å²) in [5.41, 5.74) is 1.43. The minimum Gasteiger partial charge on any atom is -0.332 e. The van der Waals surface area contributed by atoms with Gasteiger partial charge in [0.25, 0.3) is 5.69 Å². The van der Waals surface area contributed by atoms with Crippen LogP contribution in [0, 0.1) is 10.1 Å². The molecular formula is C16H13N3O3S. The van der Waals surface area contributed by atoms with Crippen molar-refractivity contribution in [2.45, 2.75) is 0 Å². The normalized spacial score (nSPS) is 10.3. The van der Waals surface area contributed by atoms with Gasteiger partial charge in [0.2, 0.25) is 5.91 Å². The molecule has 116 valence electrons. The molecule has 2 rings (SSSR count). The quantitative estimate of drug-likeness (QED) is 0.390. The molecule has 0 saturated carbocycles. The maximum absolute atomic E-state index is 11.7. The minimum absolute atomic E-state index is 0.0173. The zero-order valence-electron chi connectivity index (χ0n) is 11.9. The zero-order chi connectivity index (χ0) is 16.7. The van der Waals surface area contributed by atoms with Crippen LogP contribution in [0.5, 0.6) is 0 Å². The van der Waals surface area contributed by atoms with E-state index in [2.05, 4.69) is 10.6 Å². The highest BCUT2D eigenvalue weighted by Gasteiger charge is 2.05. The number of nitrogens with zero attached hydrogens (tertiary/aromatic N) is 1. The lowest BCUT2D eigenvalue weighted by Gasteiger charge is -2.07. The van der Waals surface area contributed by atoms with Crippen molar-refractivity contribution in [3.05, 3.63) is 76.4 Å². The summed E-state index contributed by atoms with van der Waals surface area (Å²) < 4.78 is 0. The highest BCUT2D eigenvalue weighted by molar-refractivity contribution is 7.80. The largest absolute Gasteiger partial charge is 0.332 e. The fourth-order valence-corrected chi connectivity index (χ4v) is 1.94. The van der Waals surface area contributed by atoms with Crippen LogP contribution in [0.15, 0.2) is 60.7 Å². The van der Waals surface area contributed by atoms with Crippen LogP contribution < -0.4 is 10.6 Å². The van der Waals surface area contributed by atoms with Crippen molar-refractivity contribution >= 4 is 40.7 Å². The molecule has 0 bridgehead atoms. The second kappa shape index (κ2) is 7.81. The molecule has 0 heterocycles. The van der Waals surface area contributed by atoms with Crippen molar-refractivity contribution in [2.75, 3.05) is 5.32 Å². The first kappa shape index (κ1) is 16.3. The predicted molar refractivity (Wildman–Crippen MR) is 92.9 cm³/mol. The van der Waals surface area contributed by atoms with Gasteiger partial charge in [-0.25, -0.2) is 0 Å². The molecule has 0 aliphatic carbocycles. The Morgan fingerprint density at radius 1 is 1.09 bits per heavy atom. The number of hydrogen-bond donors (Lipinski definition) is 2. The van der Waals surface area contributed by atoms with Gasteiger partial charge >= 0.3 is 0 Å². The first-order valence-corrected chi connectivity index (χ1v) is 7.05. The van der Waals surface area contributed by atoms with Gasteiger partial charge in [0.15, 0.2) is 5.11 Å². The zero-order valence-corrected chi connectivity index (χ0v) is 12.7. The van der Waals surface area contributed by atoms with E-state index in [-0.39, 0.29) is 16.7 Å². The summed E-state index contributed by atoms with van der Waals surface area (Å²) in [7, 11) is 0. The highest BCUT2D eigenvalue weighted by Crippen LogP contribution is 2.15. The van der Waals surface area contributed by atoms with Crippen LogP contribution in [0.4, 0.5) is 11.4 Å². The lowest BCUT2D eigenvalue weighted by Crippen LogP contribution is -2.32. The van der Waals surface area contributed by atoms with Crippen LogP contribution in [-0.2, 0) is 4.79 Å². The summed E-state index contributed by atoms with van der Waals surface area (Å²) in [6.45, 7) is 0. The third-order valence-corrected chi connectivity index (χ3v) is 3.00. The summed E-state index contributed by atoms with van der Waals surface area (Å²) in [5, 5.41) is 16.0. The van der Waals surface area contributed by atoms with E-state index in [1.807, 2.05) is 30.3 Å². The topological polar surface area (TPSA) is 84.3 Å². The molecule has 2 aromatic rings. The van der Waals surface area contributed by atoms with E-state index in [1.54, 1.807) is 6.08 Å². The van der Waals surface area contributed by atoms with E-state index in [9.17, 15) is 14.9 Å². The fourth-order valence-electron chi connectivity index (χ4n) is 1.72. The Labute approximate surface area is 138 Å². The van der Waals surface area contributed by atoms with Gasteiger partial charge in [-0.2, -0.15) is 0 Å². The molecule has 0 aliphatic rings. The number of hydrogen-bond acceptors (Lipinski definition) is 4. The molecule has 0 radical (unpaired) electrons. The maximum Gasteiger partial charge on any atom is 0.269 e. The van der Waals surface area contributed by atoms with Gasteiger partial charge < -0.3 is 5.32 Å². The molecule has 1 amide bonds. The summed E-state index contributed by atoms with van der Waals surface area (Å²) in [5.74, 6) is -0.367. The monoisotopic (exact) mass is 327 g/mol. The third kappa shape index (κ3) is 5.33. The van der Waals surface area contributed by atoms with E-state index in [4.69, 9.17) is 12.2 Å². The Morgan fingerprint density at radius 2 is 1.74 bits per heavy atom. The second-order valence-corrected chi connectivity index (χ2v) is 4.90. The third-order valence-electron chi connectivity index (χ3n) is 2.80. The van der Waals surface area contributed by atoms with Gasteiger partial charge in [0.1, 0.15) is 0 Å². The van der Waals surface area contributed by atoms with Crippen molar-refractivity contribution in [3.63, 3.8) is 0 Å². The molecule has 0 saturated heterocycles. The number of benzene rings is 2. The van der Waals surface area contributed by atoms with Crippen molar-refractivity contribution in [1.29, 1.82) is 0 Å². The highest BCUT2D eigenvalue weighted by atomic mass is 32.1. The van der Waals surface area contributed by atoms with E-state index < -0.39 is 4.92 Å². The van der Waals surface area contributed by atoms with E-state index in [0.29, 0.717) is 5.69 Å². The molecule has 2 aromatic carbocycles. The van der Waals surface area contributed by atoms with Crippen LogP contribution in [0.2, 0.25) is 0 Å². The van der Waals surface area contributed by atoms with Crippen molar-refractivity contribution in [3.8, 4) is 0 Å². The van der Waals surface area contributed by atoms with E-state index in [0.717, 1.165) is 5.56 Å². The maximum atomic E-state index is 11.7. The van der Waals surface area contributed by atoms with Crippen LogP contribution in [-0.4, -0.2) is 15.9 Å². The van der Waals surface area contributed by atoms with Gasteiger partial charge in [0.05, 0.1) is 4.92 Å².